The lowest BCUT2D eigenvalue weighted by atomic mass is 10.0. The molecule has 0 aliphatic carbocycles. The summed E-state index contributed by atoms with van der Waals surface area (Å²) in [5.74, 6) is -1.79. The first kappa shape index (κ1) is 13.3. The number of benzene rings is 1. The molecule has 1 aromatic carbocycles. The zero-order valence-electron chi connectivity index (χ0n) is 9.44. The van der Waals surface area contributed by atoms with E-state index >= 15 is 0 Å². The molecule has 0 radical (unpaired) electrons. The van der Waals surface area contributed by atoms with Gasteiger partial charge in [0.25, 0.3) is 0 Å². The molecule has 0 aromatic heterocycles. The van der Waals surface area contributed by atoms with Gasteiger partial charge in [-0.3, -0.25) is 0 Å². The van der Waals surface area contributed by atoms with Crippen molar-refractivity contribution in [1.29, 1.82) is 0 Å². The van der Waals surface area contributed by atoms with E-state index in [9.17, 15) is 18.3 Å². The Kier molecular flexibility index (Phi) is 3.89. The molecule has 1 aliphatic rings. The Balaban J connectivity index is 2.29. The number of aliphatic hydroxyl groups is 2. The van der Waals surface area contributed by atoms with Crippen molar-refractivity contribution in [2.75, 3.05) is 6.61 Å². The van der Waals surface area contributed by atoms with E-state index in [-0.39, 0.29) is 17.5 Å². The van der Waals surface area contributed by atoms with Crippen LogP contribution in [0.15, 0.2) is 12.1 Å². The highest BCUT2D eigenvalue weighted by Gasteiger charge is 2.35. The normalized spacial score (nSPS) is 27.7. The van der Waals surface area contributed by atoms with Crippen molar-refractivity contribution >= 4 is 0 Å². The molecule has 2 N–H and O–H groups in total. The zero-order chi connectivity index (χ0) is 13.3. The number of hydrogen-bond acceptors (Lipinski definition) is 3. The van der Waals surface area contributed by atoms with Gasteiger partial charge in [-0.05, 0) is 6.07 Å². The van der Waals surface area contributed by atoms with E-state index in [4.69, 9.17) is 9.84 Å². The van der Waals surface area contributed by atoms with Crippen LogP contribution in [0.4, 0.5) is 13.2 Å². The average Bonchev–Trinajstić information content (AvgIpc) is 2.70. The van der Waals surface area contributed by atoms with E-state index in [0.717, 1.165) is 6.07 Å². The number of ether oxygens (including phenoxy) is 1. The van der Waals surface area contributed by atoms with Gasteiger partial charge in [-0.1, -0.05) is 0 Å². The van der Waals surface area contributed by atoms with Crippen LogP contribution in [-0.2, 0) is 11.4 Å². The Morgan fingerprint density at radius 3 is 2.56 bits per heavy atom. The summed E-state index contributed by atoms with van der Waals surface area (Å²) in [7, 11) is 0. The molecule has 100 valence electrons. The minimum absolute atomic E-state index is 0.000880. The van der Waals surface area contributed by atoms with Gasteiger partial charge >= 0.3 is 0 Å². The van der Waals surface area contributed by atoms with Gasteiger partial charge in [0.05, 0.1) is 18.8 Å². The fraction of sp³-hybridized carbons (Fsp3) is 0.500. The zero-order valence-corrected chi connectivity index (χ0v) is 9.44. The van der Waals surface area contributed by atoms with Crippen LogP contribution in [0, 0.1) is 11.6 Å². The third-order valence-electron chi connectivity index (χ3n) is 3.06. The third-order valence-corrected chi connectivity index (χ3v) is 3.06. The maximum Gasteiger partial charge on any atom is 0.131 e. The number of alkyl halides is 1. The van der Waals surface area contributed by atoms with Crippen molar-refractivity contribution in [3.8, 4) is 0 Å². The molecule has 6 heteroatoms. The maximum absolute atomic E-state index is 13.6. The summed E-state index contributed by atoms with van der Waals surface area (Å²) in [5, 5.41) is 18.5. The number of halogens is 3. The standard InChI is InChI=1S/C12H13F3O3/c13-4-6-1-7(9(15)2-8(6)14)11-3-10(17)12(5-16)18-11/h1-2,10-12,16-17H,3-5H2/t10-,11+,12+/m0/s1/i13-1. The molecule has 2 rings (SSSR count). The van der Waals surface area contributed by atoms with Crippen molar-refractivity contribution in [3.05, 3.63) is 34.9 Å². The van der Waals surface area contributed by atoms with Crippen LogP contribution in [0.25, 0.3) is 0 Å². The molecule has 3 nitrogen and oxygen atoms in total. The van der Waals surface area contributed by atoms with Gasteiger partial charge in [-0.25, -0.2) is 13.2 Å². The van der Waals surface area contributed by atoms with Gasteiger partial charge in [-0.15, -0.1) is 0 Å². The second-order valence-corrected chi connectivity index (χ2v) is 4.25. The van der Waals surface area contributed by atoms with Crippen LogP contribution in [-0.4, -0.2) is 29.0 Å². The van der Waals surface area contributed by atoms with Gasteiger partial charge in [0.2, 0.25) is 0 Å². The largest absolute Gasteiger partial charge is 0.394 e. The molecular formula is C12H13F3O3. The third kappa shape index (κ3) is 2.36. The minimum Gasteiger partial charge on any atom is -0.394 e. The molecule has 1 aromatic rings. The Labute approximate surface area is 102 Å². The lowest BCUT2D eigenvalue weighted by Crippen LogP contribution is -2.24. The predicted molar refractivity (Wildman–Crippen MR) is 56.5 cm³/mol. The highest BCUT2D eigenvalue weighted by atomic mass is 19.1. The van der Waals surface area contributed by atoms with Crippen molar-refractivity contribution < 1.29 is 28.1 Å². The van der Waals surface area contributed by atoms with Crippen LogP contribution in [0.1, 0.15) is 23.7 Å². The van der Waals surface area contributed by atoms with E-state index in [0.29, 0.717) is 6.07 Å². The first-order valence-electron chi connectivity index (χ1n) is 5.55. The number of aliphatic hydroxyl groups excluding tert-OH is 2. The fourth-order valence-corrected chi connectivity index (χ4v) is 2.06. The van der Waals surface area contributed by atoms with Crippen LogP contribution < -0.4 is 0 Å². The summed E-state index contributed by atoms with van der Waals surface area (Å²) in [4.78, 5) is 0. The summed E-state index contributed by atoms with van der Waals surface area (Å²) < 4.78 is 44.5. The highest BCUT2D eigenvalue weighted by molar-refractivity contribution is 5.28. The highest BCUT2D eigenvalue weighted by Crippen LogP contribution is 2.35. The maximum atomic E-state index is 13.6. The number of rotatable bonds is 3. The Morgan fingerprint density at radius 1 is 1.28 bits per heavy atom. The van der Waals surface area contributed by atoms with Crippen LogP contribution in [0.2, 0.25) is 0 Å². The molecule has 0 bridgehead atoms. The second kappa shape index (κ2) is 5.26. The van der Waals surface area contributed by atoms with Crippen molar-refractivity contribution in [2.24, 2.45) is 0 Å². The van der Waals surface area contributed by atoms with E-state index in [1.165, 1.54) is 0 Å². The predicted octanol–water partition coefficient (Wildman–Crippen LogP) is 1.62. The molecule has 0 unspecified atom stereocenters. The van der Waals surface area contributed by atoms with E-state index < -0.39 is 43.2 Å². The van der Waals surface area contributed by atoms with Gasteiger partial charge in [0, 0.05) is 23.6 Å². The fourth-order valence-electron chi connectivity index (χ4n) is 2.06. The first-order valence-corrected chi connectivity index (χ1v) is 5.55. The van der Waals surface area contributed by atoms with E-state index in [1.807, 2.05) is 0 Å². The molecule has 0 spiro atoms. The van der Waals surface area contributed by atoms with Gasteiger partial charge in [0.15, 0.2) is 0 Å². The lowest BCUT2D eigenvalue weighted by Gasteiger charge is -2.14. The molecule has 1 heterocycles. The molecule has 1 saturated heterocycles. The summed E-state index contributed by atoms with van der Waals surface area (Å²) in [6, 6.07) is 1.66. The summed E-state index contributed by atoms with van der Waals surface area (Å²) in [6.45, 7) is -1.44. The average molecular weight is 261 g/mol. The van der Waals surface area contributed by atoms with Crippen LogP contribution >= 0.6 is 0 Å². The first-order chi connectivity index (χ1) is 8.56. The SMILES string of the molecule is OC[C@H]1O[C@@H](c2cc(C[18F])c(F)cc2F)C[C@@H]1O. The molecule has 18 heavy (non-hydrogen) atoms. The molecule has 1 aliphatic heterocycles. The molecule has 1 fully saturated rings. The molecular weight excluding hydrogens is 248 g/mol. The topological polar surface area (TPSA) is 49.7 Å². The quantitative estimate of drug-likeness (QED) is 0.869. The molecule has 0 saturated carbocycles. The Hall–Kier alpha value is -1.11. The van der Waals surface area contributed by atoms with Crippen LogP contribution in [0.5, 0.6) is 0 Å². The Bertz CT molecular complexity index is 439. The van der Waals surface area contributed by atoms with Crippen molar-refractivity contribution in [2.45, 2.75) is 31.4 Å². The van der Waals surface area contributed by atoms with E-state index in [1.54, 1.807) is 0 Å². The minimum atomic E-state index is -1.04. The summed E-state index contributed by atoms with van der Waals surface area (Å²) >= 11 is 0. The van der Waals surface area contributed by atoms with Gasteiger partial charge < -0.3 is 14.9 Å². The summed E-state index contributed by atoms with van der Waals surface area (Å²) in [6.07, 6.45) is -2.44. The summed E-state index contributed by atoms with van der Waals surface area (Å²) in [5.41, 5.74) is -0.254. The van der Waals surface area contributed by atoms with Crippen molar-refractivity contribution in [1.82, 2.24) is 0 Å². The molecule has 0 amide bonds. The second-order valence-electron chi connectivity index (χ2n) is 4.25. The number of hydrogen-bond donors (Lipinski definition) is 2. The lowest BCUT2D eigenvalue weighted by molar-refractivity contribution is -0.0234. The monoisotopic (exact) mass is 261 g/mol. The Morgan fingerprint density at radius 2 is 2.00 bits per heavy atom. The molecule has 3 atom stereocenters. The van der Waals surface area contributed by atoms with Crippen molar-refractivity contribution in [3.63, 3.8) is 0 Å². The van der Waals surface area contributed by atoms with E-state index in [2.05, 4.69) is 0 Å². The van der Waals surface area contributed by atoms with Crippen LogP contribution in [0.3, 0.4) is 0 Å². The smallest absolute Gasteiger partial charge is 0.131 e. The van der Waals surface area contributed by atoms with Gasteiger partial charge in [0.1, 0.15) is 24.4 Å². The van der Waals surface area contributed by atoms with Gasteiger partial charge in [-0.2, -0.15) is 0 Å².